The Morgan fingerprint density at radius 1 is 1.16 bits per heavy atom. The van der Waals surface area contributed by atoms with Crippen molar-refractivity contribution in [1.82, 2.24) is 9.58 Å². The molecule has 32 heavy (non-hydrogen) atoms. The number of nitrogens with one attached hydrogen (secondary N) is 1. The Hall–Kier alpha value is -2.35. The molecule has 0 fully saturated rings. The van der Waals surface area contributed by atoms with Crippen LogP contribution in [0.25, 0.3) is 11.8 Å². The van der Waals surface area contributed by atoms with Gasteiger partial charge in [0.1, 0.15) is 5.04 Å². The minimum absolute atomic E-state index is 0.0489. The van der Waals surface area contributed by atoms with Gasteiger partial charge in [-0.15, -0.1) is 0 Å². The van der Waals surface area contributed by atoms with E-state index in [0.717, 1.165) is 40.5 Å². The lowest BCUT2D eigenvalue weighted by molar-refractivity contribution is -0.114. The first-order valence-corrected chi connectivity index (χ1v) is 12.0. The Balaban J connectivity index is 1.72. The van der Waals surface area contributed by atoms with Gasteiger partial charge in [-0.25, -0.2) is 0 Å². The minimum atomic E-state index is -0.422. The first kappa shape index (κ1) is 22.8. The molecule has 166 valence electrons. The molecule has 0 saturated heterocycles. The Kier molecular flexibility index (Phi) is 6.34. The molecule has 2 aliphatic rings. The second kappa shape index (κ2) is 8.89. The van der Waals surface area contributed by atoms with Crippen molar-refractivity contribution in [2.24, 2.45) is 16.0 Å². The highest BCUT2D eigenvalue weighted by Crippen LogP contribution is 2.34. The van der Waals surface area contributed by atoms with Gasteiger partial charge in [0.15, 0.2) is 5.84 Å². The largest absolute Gasteiger partial charge is 0.318 e. The number of amides is 1. The molecule has 4 rings (SSSR count). The van der Waals surface area contributed by atoms with E-state index < -0.39 is 5.91 Å². The molecule has 0 radical (unpaired) electrons. The van der Waals surface area contributed by atoms with E-state index in [1.54, 1.807) is 18.2 Å². The lowest BCUT2D eigenvalue weighted by Gasteiger charge is -2.20. The van der Waals surface area contributed by atoms with Crippen molar-refractivity contribution in [3.8, 4) is 5.69 Å². The number of aromatic nitrogens is 1. The van der Waals surface area contributed by atoms with E-state index >= 15 is 0 Å². The summed E-state index contributed by atoms with van der Waals surface area (Å²) in [7, 11) is 0. The smallest absolute Gasteiger partial charge is 0.283 e. The lowest BCUT2D eigenvalue weighted by atomic mass is 10.1. The molecule has 1 amide bonds. The van der Waals surface area contributed by atoms with Crippen LogP contribution in [-0.4, -0.2) is 31.5 Å². The predicted octanol–water partition coefficient (Wildman–Crippen LogP) is 6.46. The summed E-state index contributed by atoms with van der Waals surface area (Å²) >= 11 is 13.7. The van der Waals surface area contributed by atoms with E-state index in [0.29, 0.717) is 21.1 Å². The Labute approximate surface area is 201 Å². The SMILES string of the molecule is CCC(CC)C1=NN2C(=N)/C(=C\c3cc(C)n(-c4ccc(Cl)c(Cl)c4)c3C)C(=O)N=C2S1. The number of benzene rings is 1. The van der Waals surface area contributed by atoms with E-state index in [4.69, 9.17) is 28.6 Å². The topological polar surface area (TPSA) is 73.8 Å². The highest BCUT2D eigenvalue weighted by molar-refractivity contribution is 8.27. The van der Waals surface area contributed by atoms with E-state index in [1.807, 2.05) is 30.5 Å². The molecule has 1 aromatic heterocycles. The van der Waals surface area contributed by atoms with E-state index in [-0.39, 0.29) is 11.4 Å². The zero-order valence-corrected chi connectivity index (χ0v) is 20.6. The molecular formula is C23H23Cl2N5OS. The average molecular weight is 488 g/mol. The Morgan fingerprint density at radius 2 is 1.88 bits per heavy atom. The first-order valence-electron chi connectivity index (χ1n) is 10.4. The summed E-state index contributed by atoms with van der Waals surface area (Å²) in [5, 5.41) is 17.1. The van der Waals surface area contributed by atoms with Crippen LogP contribution in [0.1, 0.15) is 43.6 Å². The number of halogens is 2. The number of hydrogen-bond donors (Lipinski definition) is 1. The second-order valence-corrected chi connectivity index (χ2v) is 9.53. The number of hydrogen-bond acceptors (Lipinski definition) is 4. The summed E-state index contributed by atoms with van der Waals surface area (Å²) in [6.07, 6.45) is 3.62. The van der Waals surface area contributed by atoms with Gasteiger partial charge in [0.2, 0.25) is 5.17 Å². The van der Waals surface area contributed by atoms with Crippen LogP contribution >= 0.6 is 35.0 Å². The van der Waals surface area contributed by atoms with Crippen LogP contribution in [0, 0.1) is 25.2 Å². The third kappa shape index (κ3) is 3.93. The molecule has 0 saturated carbocycles. The van der Waals surface area contributed by atoms with Gasteiger partial charge in [-0.3, -0.25) is 10.2 Å². The van der Waals surface area contributed by atoms with Crippen molar-refractivity contribution < 1.29 is 4.79 Å². The molecule has 0 aliphatic carbocycles. The summed E-state index contributed by atoms with van der Waals surface area (Å²) in [5.74, 6) is -0.0735. The molecule has 0 bridgehead atoms. The summed E-state index contributed by atoms with van der Waals surface area (Å²) in [6, 6.07) is 7.43. The molecule has 0 unspecified atom stereocenters. The summed E-state index contributed by atoms with van der Waals surface area (Å²) < 4.78 is 2.04. The van der Waals surface area contributed by atoms with Crippen LogP contribution in [0.15, 0.2) is 39.9 Å². The first-order chi connectivity index (χ1) is 15.2. The fourth-order valence-electron chi connectivity index (χ4n) is 3.92. The van der Waals surface area contributed by atoms with Crippen molar-refractivity contribution >= 4 is 63.0 Å². The highest BCUT2D eigenvalue weighted by Gasteiger charge is 2.37. The number of carbonyl (C=O) groups is 1. The van der Waals surface area contributed by atoms with Crippen molar-refractivity contribution in [3.63, 3.8) is 0 Å². The van der Waals surface area contributed by atoms with Gasteiger partial charge >= 0.3 is 0 Å². The number of amidine groups is 2. The van der Waals surface area contributed by atoms with Crippen molar-refractivity contribution in [3.05, 3.63) is 56.8 Å². The minimum Gasteiger partial charge on any atom is -0.318 e. The van der Waals surface area contributed by atoms with Gasteiger partial charge in [-0.2, -0.15) is 15.1 Å². The third-order valence-corrected chi connectivity index (χ3v) is 7.55. The Morgan fingerprint density at radius 3 is 2.53 bits per heavy atom. The maximum absolute atomic E-state index is 12.8. The molecular weight excluding hydrogens is 465 g/mol. The molecule has 0 spiro atoms. The normalized spacial score (nSPS) is 17.3. The van der Waals surface area contributed by atoms with E-state index in [2.05, 4.69) is 23.9 Å². The van der Waals surface area contributed by atoms with Gasteiger partial charge in [0.25, 0.3) is 5.91 Å². The van der Waals surface area contributed by atoms with Gasteiger partial charge in [-0.1, -0.05) is 37.0 Å². The van der Waals surface area contributed by atoms with Gasteiger partial charge < -0.3 is 4.57 Å². The zero-order valence-electron chi connectivity index (χ0n) is 18.2. The average Bonchev–Trinajstić information content (AvgIpc) is 3.29. The number of rotatable bonds is 5. The van der Waals surface area contributed by atoms with Crippen LogP contribution in [0.2, 0.25) is 10.0 Å². The van der Waals surface area contributed by atoms with Crippen LogP contribution in [-0.2, 0) is 4.79 Å². The number of carbonyl (C=O) groups excluding carboxylic acids is 1. The standard InChI is InChI=1S/C23H23Cl2N5OS/c1-5-14(6-2)22-28-30-20(26)17(21(31)27-23(30)32-22)10-15-9-12(3)29(13(15)4)16-7-8-18(24)19(25)11-16/h7-11,14,26H,5-6H2,1-4H3/b17-10+,26-20?. The molecule has 0 atom stereocenters. The molecule has 1 N–H and O–H groups in total. The summed E-state index contributed by atoms with van der Waals surface area (Å²) in [5.41, 5.74) is 3.81. The third-order valence-electron chi connectivity index (χ3n) is 5.74. The molecule has 3 heterocycles. The lowest BCUT2D eigenvalue weighted by Crippen LogP contribution is -2.35. The second-order valence-electron chi connectivity index (χ2n) is 7.73. The molecule has 2 aliphatic heterocycles. The fraction of sp³-hybridized carbons (Fsp3) is 0.304. The molecule has 9 heteroatoms. The van der Waals surface area contributed by atoms with Crippen molar-refractivity contribution in [1.29, 1.82) is 5.41 Å². The maximum atomic E-state index is 12.8. The number of thioether (sulfide) groups is 1. The Bertz CT molecular complexity index is 1220. The van der Waals surface area contributed by atoms with E-state index in [1.165, 1.54) is 16.8 Å². The maximum Gasteiger partial charge on any atom is 0.283 e. The fourth-order valence-corrected chi connectivity index (χ4v) is 5.37. The number of hydrazone groups is 1. The van der Waals surface area contributed by atoms with Gasteiger partial charge in [-0.05, 0) is 74.4 Å². The molecule has 2 aromatic rings. The van der Waals surface area contributed by atoms with Crippen molar-refractivity contribution in [2.75, 3.05) is 0 Å². The summed E-state index contributed by atoms with van der Waals surface area (Å²) in [6.45, 7) is 8.16. The van der Waals surface area contributed by atoms with Crippen LogP contribution in [0.4, 0.5) is 0 Å². The van der Waals surface area contributed by atoms with Gasteiger partial charge in [0, 0.05) is 23.0 Å². The zero-order chi connectivity index (χ0) is 23.2. The number of fused-ring (bicyclic) bond motifs is 1. The monoisotopic (exact) mass is 487 g/mol. The summed E-state index contributed by atoms with van der Waals surface area (Å²) in [4.78, 5) is 17.0. The number of aryl methyl sites for hydroxylation is 1. The number of nitrogens with zero attached hydrogens (tertiary/aromatic N) is 4. The number of aliphatic imine (C=N–C) groups is 1. The molecule has 1 aromatic carbocycles. The quantitative estimate of drug-likeness (QED) is 0.491. The van der Waals surface area contributed by atoms with Crippen molar-refractivity contribution in [2.45, 2.75) is 40.5 Å². The van der Waals surface area contributed by atoms with E-state index in [9.17, 15) is 4.79 Å². The van der Waals surface area contributed by atoms with Crippen LogP contribution in [0.3, 0.4) is 0 Å². The van der Waals surface area contributed by atoms with Crippen LogP contribution < -0.4 is 0 Å². The van der Waals surface area contributed by atoms with Crippen LogP contribution in [0.5, 0.6) is 0 Å². The molecule has 6 nitrogen and oxygen atoms in total. The highest BCUT2D eigenvalue weighted by atomic mass is 35.5. The predicted molar refractivity (Wildman–Crippen MR) is 134 cm³/mol. The van der Waals surface area contributed by atoms with Gasteiger partial charge in [0.05, 0.1) is 15.6 Å².